The van der Waals surface area contributed by atoms with E-state index >= 15 is 0 Å². The number of carbonyl (C=O) groups excluding carboxylic acids is 1. The highest BCUT2D eigenvalue weighted by molar-refractivity contribution is 5.87. The fraction of sp³-hybridized carbons (Fsp3) is 0.867. The molecule has 0 spiro atoms. The van der Waals surface area contributed by atoms with Crippen molar-refractivity contribution in [2.75, 3.05) is 6.54 Å². The zero-order chi connectivity index (χ0) is 15.2. The standard InChI is InChI=1S/C15H28N2O3/c1-11(2)16-10-4-5-13(18)17-15(14(19)20)8-6-12(3)7-9-15/h11-12,16H,4-10H2,1-3H3,(H,17,18)(H,19,20). The van der Waals surface area contributed by atoms with Crippen molar-refractivity contribution in [2.24, 2.45) is 5.92 Å². The molecule has 5 heteroatoms. The van der Waals surface area contributed by atoms with Crippen LogP contribution < -0.4 is 10.6 Å². The van der Waals surface area contributed by atoms with Crippen LogP contribution in [0.2, 0.25) is 0 Å². The number of nitrogens with one attached hydrogen (secondary N) is 2. The Kier molecular flexibility index (Phi) is 6.46. The van der Waals surface area contributed by atoms with Gasteiger partial charge in [0.1, 0.15) is 5.54 Å². The lowest BCUT2D eigenvalue weighted by Crippen LogP contribution is -2.56. The minimum Gasteiger partial charge on any atom is -0.480 e. The Balaban J connectivity index is 2.42. The Morgan fingerprint density at radius 1 is 1.30 bits per heavy atom. The molecule has 1 amide bonds. The summed E-state index contributed by atoms with van der Waals surface area (Å²) < 4.78 is 0. The van der Waals surface area contributed by atoms with Gasteiger partial charge in [0.05, 0.1) is 0 Å². The second-order valence-corrected chi connectivity index (χ2v) is 6.33. The molecule has 0 aromatic rings. The summed E-state index contributed by atoms with van der Waals surface area (Å²) in [6.45, 7) is 7.03. The molecule has 0 heterocycles. The van der Waals surface area contributed by atoms with Gasteiger partial charge in [-0.25, -0.2) is 4.79 Å². The molecule has 0 bridgehead atoms. The van der Waals surface area contributed by atoms with Crippen LogP contribution in [0, 0.1) is 5.92 Å². The Morgan fingerprint density at radius 3 is 2.40 bits per heavy atom. The molecule has 1 aliphatic rings. The maximum atomic E-state index is 11.9. The monoisotopic (exact) mass is 284 g/mol. The van der Waals surface area contributed by atoms with Gasteiger partial charge >= 0.3 is 5.97 Å². The third-order valence-corrected chi connectivity index (χ3v) is 4.05. The van der Waals surface area contributed by atoms with Crippen molar-refractivity contribution in [3.05, 3.63) is 0 Å². The summed E-state index contributed by atoms with van der Waals surface area (Å²) >= 11 is 0. The van der Waals surface area contributed by atoms with Crippen molar-refractivity contribution in [3.63, 3.8) is 0 Å². The molecule has 1 fully saturated rings. The van der Waals surface area contributed by atoms with Crippen LogP contribution in [0.3, 0.4) is 0 Å². The lowest BCUT2D eigenvalue weighted by atomic mass is 9.77. The van der Waals surface area contributed by atoms with Crippen molar-refractivity contribution in [2.45, 2.75) is 70.9 Å². The molecule has 0 unspecified atom stereocenters. The Hall–Kier alpha value is -1.10. The number of amides is 1. The highest BCUT2D eigenvalue weighted by Gasteiger charge is 2.42. The second kappa shape index (κ2) is 7.62. The largest absolute Gasteiger partial charge is 0.480 e. The van der Waals surface area contributed by atoms with Gasteiger partial charge in [0.15, 0.2) is 0 Å². The van der Waals surface area contributed by atoms with Gasteiger partial charge < -0.3 is 15.7 Å². The first-order valence-corrected chi connectivity index (χ1v) is 7.63. The normalized spacial score (nSPS) is 26.5. The van der Waals surface area contributed by atoms with E-state index in [0.29, 0.717) is 31.2 Å². The predicted octanol–water partition coefficient (Wildman–Crippen LogP) is 1.91. The van der Waals surface area contributed by atoms with E-state index in [2.05, 4.69) is 31.4 Å². The minimum atomic E-state index is -1.03. The fourth-order valence-electron chi connectivity index (χ4n) is 2.62. The summed E-state index contributed by atoms with van der Waals surface area (Å²) in [5.74, 6) is -0.486. The van der Waals surface area contributed by atoms with E-state index in [1.54, 1.807) is 0 Å². The molecule has 116 valence electrons. The van der Waals surface area contributed by atoms with Gasteiger partial charge in [0.2, 0.25) is 5.91 Å². The smallest absolute Gasteiger partial charge is 0.329 e. The van der Waals surface area contributed by atoms with Crippen LogP contribution in [-0.4, -0.2) is 35.1 Å². The van der Waals surface area contributed by atoms with Gasteiger partial charge in [-0.3, -0.25) is 4.79 Å². The number of carboxylic acids is 1. The van der Waals surface area contributed by atoms with Crippen LogP contribution in [0.5, 0.6) is 0 Å². The predicted molar refractivity (Wildman–Crippen MR) is 78.5 cm³/mol. The average Bonchev–Trinajstić information content (AvgIpc) is 2.37. The van der Waals surface area contributed by atoms with Gasteiger partial charge in [-0.2, -0.15) is 0 Å². The van der Waals surface area contributed by atoms with Crippen LogP contribution in [0.1, 0.15) is 59.3 Å². The first-order chi connectivity index (χ1) is 9.35. The first kappa shape index (κ1) is 17.0. The summed E-state index contributed by atoms with van der Waals surface area (Å²) in [6.07, 6.45) is 3.92. The maximum absolute atomic E-state index is 11.9. The molecule has 1 rings (SSSR count). The number of rotatable bonds is 7. The topological polar surface area (TPSA) is 78.4 Å². The fourth-order valence-corrected chi connectivity index (χ4v) is 2.62. The summed E-state index contributed by atoms with van der Waals surface area (Å²) in [7, 11) is 0. The molecule has 0 aliphatic heterocycles. The van der Waals surface area contributed by atoms with Crippen LogP contribution in [-0.2, 0) is 9.59 Å². The third kappa shape index (κ3) is 5.12. The summed E-state index contributed by atoms with van der Waals surface area (Å²) in [5.41, 5.74) is -1.03. The van der Waals surface area contributed by atoms with E-state index in [1.165, 1.54) is 0 Å². The third-order valence-electron chi connectivity index (χ3n) is 4.05. The van der Waals surface area contributed by atoms with E-state index in [-0.39, 0.29) is 5.91 Å². The van der Waals surface area contributed by atoms with E-state index < -0.39 is 11.5 Å². The Bertz CT molecular complexity index is 334. The Labute approximate surface area is 121 Å². The van der Waals surface area contributed by atoms with Crippen molar-refractivity contribution < 1.29 is 14.7 Å². The van der Waals surface area contributed by atoms with Gasteiger partial charge in [-0.05, 0) is 44.6 Å². The van der Waals surface area contributed by atoms with Crippen molar-refractivity contribution in [1.82, 2.24) is 10.6 Å². The molecule has 20 heavy (non-hydrogen) atoms. The van der Waals surface area contributed by atoms with Gasteiger partial charge in [0, 0.05) is 12.5 Å². The molecule has 0 radical (unpaired) electrons. The highest BCUT2D eigenvalue weighted by atomic mass is 16.4. The van der Waals surface area contributed by atoms with Gasteiger partial charge in [0.25, 0.3) is 0 Å². The van der Waals surface area contributed by atoms with Gasteiger partial charge in [-0.15, -0.1) is 0 Å². The molecule has 0 aromatic carbocycles. The van der Waals surface area contributed by atoms with Crippen LogP contribution in [0.15, 0.2) is 0 Å². The summed E-state index contributed by atoms with van der Waals surface area (Å²) in [4.78, 5) is 23.5. The molecular weight excluding hydrogens is 256 g/mol. The Morgan fingerprint density at radius 2 is 1.90 bits per heavy atom. The lowest BCUT2D eigenvalue weighted by molar-refractivity contribution is -0.149. The summed E-state index contributed by atoms with van der Waals surface area (Å²) in [6, 6.07) is 0.406. The molecule has 5 nitrogen and oxygen atoms in total. The second-order valence-electron chi connectivity index (χ2n) is 6.33. The molecule has 0 aromatic heterocycles. The van der Waals surface area contributed by atoms with Crippen molar-refractivity contribution in [3.8, 4) is 0 Å². The average molecular weight is 284 g/mol. The van der Waals surface area contributed by atoms with E-state index in [9.17, 15) is 14.7 Å². The molecule has 0 atom stereocenters. The number of hydrogen-bond donors (Lipinski definition) is 3. The maximum Gasteiger partial charge on any atom is 0.329 e. The number of aliphatic carboxylic acids is 1. The van der Waals surface area contributed by atoms with E-state index in [0.717, 1.165) is 25.8 Å². The molecular formula is C15H28N2O3. The number of carboxylic acid groups (broad SMARTS) is 1. The van der Waals surface area contributed by atoms with Crippen LogP contribution >= 0.6 is 0 Å². The van der Waals surface area contributed by atoms with Gasteiger partial charge in [-0.1, -0.05) is 20.8 Å². The molecule has 3 N–H and O–H groups in total. The van der Waals surface area contributed by atoms with E-state index in [4.69, 9.17) is 0 Å². The lowest BCUT2D eigenvalue weighted by Gasteiger charge is -2.36. The molecule has 1 saturated carbocycles. The summed E-state index contributed by atoms with van der Waals surface area (Å²) in [5, 5.41) is 15.5. The minimum absolute atomic E-state index is 0.146. The highest BCUT2D eigenvalue weighted by Crippen LogP contribution is 2.32. The van der Waals surface area contributed by atoms with Crippen molar-refractivity contribution in [1.29, 1.82) is 0 Å². The van der Waals surface area contributed by atoms with E-state index in [1.807, 2.05) is 0 Å². The van der Waals surface area contributed by atoms with Crippen molar-refractivity contribution >= 4 is 11.9 Å². The van der Waals surface area contributed by atoms with Crippen LogP contribution in [0.25, 0.3) is 0 Å². The number of hydrogen-bond acceptors (Lipinski definition) is 3. The quantitative estimate of drug-likeness (QED) is 0.624. The molecule has 0 saturated heterocycles. The molecule has 1 aliphatic carbocycles. The van der Waals surface area contributed by atoms with Crippen LogP contribution in [0.4, 0.5) is 0 Å². The zero-order valence-corrected chi connectivity index (χ0v) is 12.9. The SMILES string of the molecule is CC1CCC(NC(=O)CCCNC(C)C)(C(=O)O)CC1. The zero-order valence-electron chi connectivity index (χ0n) is 12.9. The number of carbonyl (C=O) groups is 2. The first-order valence-electron chi connectivity index (χ1n) is 7.63.